The molecular formula is C11H19NO. The van der Waals surface area contributed by atoms with Gasteiger partial charge in [-0.2, -0.15) is 0 Å². The van der Waals surface area contributed by atoms with E-state index in [9.17, 15) is 0 Å². The molecule has 74 valence electrons. The van der Waals surface area contributed by atoms with Gasteiger partial charge in [-0.1, -0.05) is 44.7 Å². The first-order chi connectivity index (χ1) is 6.13. The zero-order valence-electron chi connectivity index (χ0n) is 8.95. The number of hydrogen-bond acceptors (Lipinski definition) is 2. The van der Waals surface area contributed by atoms with Gasteiger partial charge in [-0.25, -0.2) is 0 Å². The number of allylic oxidation sites excluding steroid dienone is 3. The first-order valence-corrected chi connectivity index (χ1v) is 4.53. The summed E-state index contributed by atoms with van der Waals surface area (Å²) in [6.45, 7) is 10.1. The monoisotopic (exact) mass is 181 g/mol. The Bertz CT molecular complexity index is 204. The summed E-state index contributed by atoms with van der Waals surface area (Å²) in [4.78, 5) is 4.77. The quantitative estimate of drug-likeness (QED) is 0.363. The van der Waals surface area contributed by atoms with Crippen LogP contribution < -0.4 is 0 Å². The van der Waals surface area contributed by atoms with Crippen LogP contribution in [0.25, 0.3) is 0 Å². The van der Waals surface area contributed by atoms with E-state index in [0.29, 0.717) is 11.8 Å². The van der Waals surface area contributed by atoms with Gasteiger partial charge < -0.3 is 4.84 Å². The second-order valence-corrected chi connectivity index (χ2v) is 3.33. The van der Waals surface area contributed by atoms with Crippen LogP contribution in [-0.2, 0) is 4.84 Å². The largest absolute Gasteiger partial charge is 0.399 e. The van der Waals surface area contributed by atoms with E-state index in [1.54, 1.807) is 13.2 Å². The molecule has 0 aromatic carbocycles. The molecule has 2 nitrogen and oxygen atoms in total. The molecule has 0 saturated carbocycles. The van der Waals surface area contributed by atoms with Gasteiger partial charge in [0.1, 0.15) is 7.11 Å². The lowest BCUT2D eigenvalue weighted by atomic mass is 9.93. The van der Waals surface area contributed by atoms with Crippen LogP contribution in [0.4, 0.5) is 0 Å². The molecule has 0 unspecified atom stereocenters. The highest BCUT2D eigenvalue weighted by Crippen LogP contribution is 2.13. The smallest absolute Gasteiger partial charge is 0.106 e. The Labute approximate surface area is 81.0 Å². The summed E-state index contributed by atoms with van der Waals surface area (Å²) in [5.41, 5.74) is 0.956. The minimum Gasteiger partial charge on any atom is -0.399 e. The standard InChI is InChI=1S/C11H19NO/c1-6-7-8-11(12-13-5)10(4)9(2)3/h6-10H,1H2,2-5H3/b8-7-,12-11+/t10-/m0/s1. The van der Waals surface area contributed by atoms with Crippen LogP contribution in [-0.4, -0.2) is 12.8 Å². The van der Waals surface area contributed by atoms with E-state index in [0.717, 1.165) is 5.71 Å². The van der Waals surface area contributed by atoms with E-state index in [1.807, 2.05) is 12.2 Å². The number of nitrogens with zero attached hydrogens (tertiary/aromatic N) is 1. The van der Waals surface area contributed by atoms with Crippen LogP contribution in [0.1, 0.15) is 20.8 Å². The second-order valence-electron chi connectivity index (χ2n) is 3.33. The maximum Gasteiger partial charge on any atom is 0.106 e. The Morgan fingerprint density at radius 2 is 2.00 bits per heavy atom. The molecule has 0 aliphatic heterocycles. The van der Waals surface area contributed by atoms with Crippen molar-refractivity contribution in [1.29, 1.82) is 0 Å². The highest BCUT2D eigenvalue weighted by Gasteiger charge is 2.12. The van der Waals surface area contributed by atoms with Gasteiger partial charge in [0.15, 0.2) is 0 Å². The van der Waals surface area contributed by atoms with Crippen LogP contribution in [0.2, 0.25) is 0 Å². The molecule has 0 radical (unpaired) electrons. The number of hydrogen-bond donors (Lipinski definition) is 0. The summed E-state index contributed by atoms with van der Waals surface area (Å²) in [6.07, 6.45) is 5.54. The summed E-state index contributed by atoms with van der Waals surface area (Å²) in [6, 6.07) is 0. The summed E-state index contributed by atoms with van der Waals surface area (Å²) in [5.74, 6) is 0.958. The van der Waals surface area contributed by atoms with Crippen molar-refractivity contribution in [1.82, 2.24) is 0 Å². The summed E-state index contributed by atoms with van der Waals surface area (Å²) in [7, 11) is 1.56. The van der Waals surface area contributed by atoms with Crippen molar-refractivity contribution < 1.29 is 4.84 Å². The van der Waals surface area contributed by atoms with Crippen molar-refractivity contribution in [3.05, 3.63) is 24.8 Å². The predicted molar refractivity (Wildman–Crippen MR) is 57.8 cm³/mol. The van der Waals surface area contributed by atoms with Gasteiger partial charge in [0.25, 0.3) is 0 Å². The minimum atomic E-state index is 0.399. The minimum absolute atomic E-state index is 0.399. The number of rotatable bonds is 5. The van der Waals surface area contributed by atoms with Gasteiger partial charge in [0.2, 0.25) is 0 Å². The maximum absolute atomic E-state index is 4.77. The van der Waals surface area contributed by atoms with E-state index in [4.69, 9.17) is 4.84 Å². The van der Waals surface area contributed by atoms with Crippen molar-refractivity contribution in [2.45, 2.75) is 20.8 Å². The Kier molecular flexibility index (Phi) is 5.94. The van der Waals surface area contributed by atoms with E-state index in [2.05, 4.69) is 32.5 Å². The molecule has 0 rings (SSSR count). The molecule has 0 amide bonds. The first kappa shape index (κ1) is 11.9. The lowest BCUT2D eigenvalue weighted by molar-refractivity contribution is 0.210. The lowest BCUT2D eigenvalue weighted by Gasteiger charge is -2.14. The summed E-state index contributed by atoms with van der Waals surface area (Å²) in [5, 5.41) is 3.96. The molecule has 0 aromatic rings. The molecule has 0 saturated heterocycles. The van der Waals surface area contributed by atoms with Crippen molar-refractivity contribution in [3.8, 4) is 0 Å². The molecule has 0 aromatic heterocycles. The molecule has 0 bridgehead atoms. The third-order valence-electron chi connectivity index (χ3n) is 2.07. The Morgan fingerprint density at radius 3 is 2.38 bits per heavy atom. The fourth-order valence-electron chi connectivity index (χ4n) is 0.879. The summed E-state index contributed by atoms with van der Waals surface area (Å²) >= 11 is 0. The van der Waals surface area contributed by atoms with Gasteiger partial charge in [0.05, 0.1) is 5.71 Å². The molecule has 0 aliphatic rings. The fraction of sp³-hybridized carbons (Fsp3) is 0.545. The third kappa shape index (κ3) is 4.51. The van der Waals surface area contributed by atoms with E-state index >= 15 is 0 Å². The van der Waals surface area contributed by atoms with Crippen molar-refractivity contribution in [2.24, 2.45) is 17.0 Å². The zero-order chi connectivity index (χ0) is 10.3. The first-order valence-electron chi connectivity index (χ1n) is 4.53. The van der Waals surface area contributed by atoms with Crippen LogP contribution in [0.15, 0.2) is 30.0 Å². The van der Waals surface area contributed by atoms with Crippen LogP contribution >= 0.6 is 0 Å². The van der Waals surface area contributed by atoms with Crippen molar-refractivity contribution >= 4 is 5.71 Å². The van der Waals surface area contributed by atoms with Gasteiger partial charge >= 0.3 is 0 Å². The number of oxime groups is 1. The van der Waals surface area contributed by atoms with Crippen molar-refractivity contribution in [2.75, 3.05) is 7.11 Å². The molecule has 13 heavy (non-hydrogen) atoms. The molecular weight excluding hydrogens is 162 g/mol. The molecule has 0 spiro atoms. The van der Waals surface area contributed by atoms with Gasteiger partial charge in [-0.3, -0.25) is 0 Å². The van der Waals surface area contributed by atoms with Gasteiger partial charge in [-0.05, 0) is 12.0 Å². The highest BCUT2D eigenvalue weighted by molar-refractivity contribution is 5.96. The SMILES string of the molecule is C=C/C=C\C(=N/OC)[C@@H](C)C(C)C. The third-order valence-corrected chi connectivity index (χ3v) is 2.07. The molecule has 1 atom stereocenters. The topological polar surface area (TPSA) is 21.6 Å². The lowest BCUT2D eigenvalue weighted by Crippen LogP contribution is -2.15. The summed E-state index contributed by atoms with van der Waals surface area (Å²) < 4.78 is 0. The predicted octanol–water partition coefficient (Wildman–Crippen LogP) is 3.02. The Balaban J connectivity index is 4.51. The average molecular weight is 181 g/mol. The highest BCUT2D eigenvalue weighted by atomic mass is 16.6. The van der Waals surface area contributed by atoms with E-state index in [-0.39, 0.29) is 0 Å². The molecule has 2 heteroatoms. The molecule has 0 N–H and O–H groups in total. The molecule has 0 fully saturated rings. The molecule has 0 heterocycles. The second kappa shape index (κ2) is 6.46. The average Bonchev–Trinajstić information content (AvgIpc) is 2.11. The fourth-order valence-corrected chi connectivity index (χ4v) is 0.879. The molecule has 0 aliphatic carbocycles. The van der Waals surface area contributed by atoms with Crippen molar-refractivity contribution in [3.63, 3.8) is 0 Å². The zero-order valence-corrected chi connectivity index (χ0v) is 8.95. The normalized spacial score (nSPS) is 15.0. The van der Waals surface area contributed by atoms with Gasteiger partial charge in [0, 0.05) is 5.92 Å². The van der Waals surface area contributed by atoms with E-state index < -0.39 is 0 Å². The Hall–Kier alpha value is -1.05. The maximum atomic E-state index is 4.77. The van der Waals surface area contributed by atoms with Crippen LogP contribution in [0, 0.1) is 11.8 Å². The van der Waals surface area contributed by atoms with E-state index in [1.165, 1.54) is 0 Å². The van der Waals surface area contributed by atoms with Gasteiger partial charge in [-0.15, -0.1) is 0 Å². The van der Waals surface area contributed by atoms with Crippen LogP contribution in [0.3, 0.4) is 0 Å². The van der Waals surface area contributed by atoms with Crippen LogP contribution in [0.5, 0.6) is 0 Å². The Morgan fingerprint density at radius 1 is 1.38 bits per heavy atom.